The predicted octanol–water partition coefficient (Wildman–Crippen LogP) is 4.63. The average molecular weight is 544 g/mol. The van der Waals surface area contributed by atoms with Gasteiger partial charge in [0.15, 0.2) is 0 Å². The second-order valence-corrected chi connectivity index (χ2v) is 9.70. The smallest absolute Gasteiger partial charge is 0.257 e. The zero-order valence-electron chi connectivity index (χ0n) is 20.6. The second kappa shape index (κ2) is 9.60. The summed E-state index contributed by atoms with van der Waals surface area (Å²) in [5.74, 6) is 3.92. The number of nitrogens with two attached hydrogens (primary N) is 1. The third kappa shape index (κ3) is 4.62. The molecule has 1 fully saturated rings. The Morgan fingerprint density at radius 1 is 1.15 bits per heavy atom. The molecule has 0 spiro atoms. The summed E-state index contributed by atoms with van der Waals surface area (Å²) < 4.78 is 30.6. The van der Waals surface area contributed by atoms with E-state index < -0.39 is 17.7 Å². The van der Waals surface area contributed by atoms with Gasteiger partial charge in [0.05, 0.1) is 56.6 Å². The van der Waals surface area contributed by atoms with Gasteiger partial charge in [-0.1, -0.05) is 23.4 Å². The number of hydrogen-bond donors (Lipinski definition) is 1. The van der Waals surface area contributed by atoms with Crippen LogP contribution in [0.5, 0.6) is 0 Å². The van der Waals surface area contributed by atoms with E-state index in [4.69, 9.17) is 17.3 Å². The molecule has 4 heterocycles. The van der Waals surface area contributed by atoms with Gasteiger partial charge in [-0.3, -0.25) is 14.5 Å². The largest absolute Gasteiger partial charge is 0.383 e. The fraction of sp³-hybridized carbons (Fsp3) is 0.179. The molecule has 4 aromatic heterocycles. The minimum absolute atomic E-state index is 0.0394. The molecular weight excluding hydrogens is 524 g/mol. The summed E-state index contributed by atoms with van der Waals surface area (Å²) in [6, 6.07) is 7.40. The van der Waals surface area contributed by atoms with Crippen molar-refractivity contribution >= 4 is 45.1 Å². The molecule has 1 aliphatic carbocycles. The third-order valence-electron chi connectivity index (χ3n) is 6.61. The van der Waals surface area contributed by atoms with Crippen molar-refractivity contribution in [2.75, 3.05) is 5.73 Å². The summed E-state index contributed by atoms with van der Waals surface area (Å²) >= 11 is 6.43. The van der Waals surface area contributed by atoms with Gasteiger partial charge in [0.1, 0.15) is 11.6 Å². The van der Waals surface area contributed by atoms with E-state index in [1.807, 2.05) is 0 Å². The van der Waals surface area contributed by atoms with Crippen molar-refractivity contribution in [2.45, 2.75) is 25.4 Å². The molecule has 5 aromatic rings. The van der Waals surface area contributed by atoms with Crippen molar-refractivity contribution < 1.29 is 13.6 Å². The second-order valence-electron chi connectivity index (χ2n) is 9.29. The van der Waals surface area contributed by atoms with E-state index in [-0.39, 0.29) is 29.5 Å². The highest BCUT2D eigenvalue weighted by Gasteiger charge is 2.35. The van der Waals surface area contributed by atoms with Crippen LogP contribution in [0.4, 0.5) is 14.6 Å². The summed E-state index contributed by atoms with van der Waals surface area (Å²) in [5, 5.41) is 5.75. The first-order chi connectivity index (χ1) is 18.8. The number of carbonyl (C=O) groups excluding carboxylic acids is 1. The maximum Gasteiger partial charge on any atom is 0.257 e. The maximum absolute atomic E-state index is 15.2. The standard InChI is InChI=1S/C28H20ClF2N7O/c1-37-25-20-10-19(23(30)11-24(20)36-27(32)21(25)13-35-37)28(39)38(18-6-7-18)14-17-9-22(29)16(12-34-17)5-4-15-3-2-8-33-26(15)31/h2-3,8-13,18H,6-7,14H2,1H3,(H2,32,36). The quantitative estimate of drug-likeness (QED) is 0.262. The third-order valence-corrected chi connectivity index (χ3v) is 6.92. The van der Waals surface area contributed by atoms with Gasteiger partial charge in [-0.15, -0.1) is 0 Å². The van der Waals surface area contributed by atoms with Crippen LogP contribution in [0.1, 0.15) is 40.0 Å². The molecule has 8 nitrogen and oxygen atoms in total. The number of carbonyl (C=O) groups is 1. The zero-order chi connectivity index (χ0) is 27.3. The number of halogens is 3. The van der Waals surface area contributed by atoms with Crippen LogP contribution in [0.2, 0.25) is 5.02 Å². The van der Waals surface area contributed by atoms with E-state index in [2.05, 4.69) is 31.9 Å². The first-order valence-corrected chi connectivity index (χ1v) is 12.5. The Morgan fingerprint density at radius 3 is 2.69 bits per heavy atom. The molecule has 0 radical (unpaired) electrons. The Balaban J connectivity index is 1.31. The predicted molar refractivity (Wildman–Crippen MR) is 143 cm³/mol. The lowest BCUT2D eigenvalue weighted by atomic mass is 10.1. The van der Waals surface area contributed by atoms with Crippen LogP contribution >= 0.6 is 11.6 Å². The summed E-state index contributed by atoms with van der Waals surface area (Å²) in [6.45, 7) is 0.132. The molecule has 1 aromatic carbocycles. The van der Waals surface area contributed by atoms with E-state index >= 15 is 4.39 Å². The fourth-order valence-corrected chi connectivity index (χ4v) is 4.71. The van der Waals surface area contributed by atoms with Gasteiger partial charge in [-0.2, -0.15) is 9.49 Å². The number of anilines is 1. The highest BCUT2D eigenvalue weighted by Crippen LogP contribution is 2.33. The molecule has 1 amide bonds. The Labute approximate surface area is 226 Å². The topological polar surface area (TPSA) is 103 Å². The molecule has 11 heteroatoms. The van der Waals surface area contributed by atoms with Crippen molar-refractivity contribution in [3.8, 4) is 11.8 Å². The number of aromatic nitrogens is 5. The minimum atomic E-state index is -0.689. The average Bonchev–Trinajstić information content (AvgIpc) is 3.68. The van der Waals surface area contributed by atoms with E-state index in [0.717, 1.165) is 12.8 Å². The van der Waals surface area contributed by atoms with Gasteiger partial charge in [-0.25, -0.2) is 14.4 Å². The van der Waals surface area contributed by atoms with Crippen LogP contribution in [-0.2, 0) is 13.6 Å². The van der Waals surface area contributed by atoms with Gasteiger partial charge >= 0.3 is 0 Å². The molecule has 0 bridgehead atoms. The van der Waals surface area contributed by atoms with E-state index in [1.165, 1.54) is 30.6 Å². The van der Waals surface area contributed by atoms with E-state index in [1.54, 1.807) is 35.0 Å². The minimum Gasteiger partial charge on any atom is -0.383 e. The number of pyridine rings is 3. The number of amides is 1. The number of hydrogen-bond acceptors (Lipinski definition) is 6. The number of nitrogens with zero attached hydrogens (tertiary/aromatic N) is 6. The summed E-state index contributed by atoms with van der Waals surface area (Å²) in [5.41, 5.74) is 8.03. The number of rotatable bonds is 4. The first-order valence-electron chi connectivity index (χ1n) is 12.1. The van der Waals surface area contributed by atoms with Crippen LogP contribution in [0.15, 0.2) is 48.9 Å². The van der Waals surface area contributed by atoms with Crippen molar-refractivity contribution in [1.29, 1.82) is 0 Å². The molecule has 194 valence electrons. The molecule has 0 atom stereocenters. The van der Waals surface area contributed by atoms with Gasteiger partial charge in [0.2, 0.25) is 5.95 Å². The summed E-state index contributed by atoms with van der Waals surface area (Å²) in [6.07, 6.45) is 6.01. The lowest BCUT2D eigenvalue weighted by Crippen LogP contribution is -2.33. The molecule has 0 saturated heterocycles. The number of aryl methyl sites for hydroxylation is 1. The molecule has 0 unspecified atom stereocenters. The van der Waals surface area contributed by atoms with Crippen LogP contribution in [0.3, 0.4) is 0 Å². The lowest BCUT2D eigenvalue weighted by molar-refractivity contribution is 0.0723. The van der Waals surface area contributed by atoms with E-state index in [0.29, 0.717) is 38.1 Å². The van der Waals surface area contributed by atoms with Crippen LogP contribution < -0.4 is 5.73 Å². The van der Waals surface area contributed by atoms with Crippen LogP contribution in [-0.4, -0.2) is 41.6 Å². The number of nitrogen functional groups attached to an aromatic ring is 1. The van der Waals surface area contributed by atoms with Crippen LogP contribution in [0, 0.1) is 23.6 Å². The molecule has 39 heavy (non-hydrogen) atoms. The monoisotopic (exact) mass is 543 g/mol. The Hall–Kier alpha value is -4.62. The molecule has 0 aliphatic heterocycles. The highest BCUT2D eigenvalue weighted by atomic mass is 35.5. The number of fused-ring (bicyclic) bond motifs is 3. The molecule has 2 N–H and O–H groups in total. The van der Waals surface area contributed by atoms with Crippen molar-refractivity contribution in [2.24, 2.45) is 7.05 Å². The normalized spacial score (nSPS) is 12.9. The summed E-state index contributed by atoms with van der Waals surface area (Å²) in [7, 11) is 1.75. The van der Waals surface area contributed by atoms with Crippen molar-refractivity contribution in [3.05, 3.63) is 88.1 Å². The highest BCUT2D eigenvalue weighted by molar-refractivity contribution is 6.31. The van der Waals surface area contributed by atoms with Gasteiger partial charge < -0.3 is 10.6 Å². The molecule has 1 saturated carbocycles. The van der Waals surface area contributed by atoms with E-state index in [9.17, 15) is 9.18 Å². The Kier molecular flexibility index (Phi) is 6.08. The van der Waals surface area contributed by atoms with Gasteiger partial charge in [0, 0.05) is 36.9 Å². The first kappa shape index (κ1) is 24.7. The molecular formula is C28H20ClF2N7O. The Bertz CT molecular complexity index is 1860. The van der Waals surface area contributed by atoms with Crippen molar-refractivity contribution in [3.63, 3.8) is 0 Å². The lowest BCUT2D eigenvalue weighted by Gasteiger charge is -2.23. The summed E-state index contributed by atoms with van der Waals surface area (Å²) in [4.78, 5) is 27.5. The number of benzene rings is 1. The molecule has 6 rings (SSSR count). The van der Waals surface area contributed by atoms with Gasteiger partial charge in [-0.05, 0) is 37.1 Å². The zero-order valence-corrected chi connectivity index (χ0v) is 21.4. The maximum atomic E-state index is 15.2. The molecule has 1 aliphatic rings. The Morgan fingerprint density at radius 2 is 1.95 bits per heavy atom. The SMILES string of the molecule is Cn1ncc2c(N)nc3cc(F)c(C(=O)N(Cc4cc(Cl)c(C#Cc5cccnc5F)cn4)C4CC4)cc3c21. The van der Waals surface area contributed by atoms with Gasteiger partial charge in [0.25, 0.3) is 5.91 Å². The van der Waals surface area contributed by atoms with Crippen LogP contribution in [0.25, 0.3) is 21.8 Å². The fourth-order valence-electron chi connectivity index (χ4n) is 4.49. The van der Waals surface area contributed by atoms with Crippen molar-refractivity contribution in [1.82, 2.24) is 29.6 Å².